The third kappa shape index (κ3) is 19.2. The van der Waals surface area contributed by atoms with Gasteiger partial charge in [0.15, 0.2) is 0 Å². The Morgan fingerprint density at radius 1 is 0.917 bits per heavy atom. The van der Waals surface area contributed by atoms with Crippen molar-refractivity contribution < 1.29 is 14.6 Å². The molecule has 141 valence electrons. The number of esters is 1. The molecule has 0 heterocycles. The smallest absolute Gasteiger partial charge is 0.305 e. The SMILES string of the molecule is [CH2]C(O)COC(=O)CCCCCCC/C=C\CCCCCCCC. The number of aliphatic hydroxyl groups excluding tert-OH is 1. The number of carbonyl (C=O) groups is 1. The predicted molar refractivity (Wildman–Crippen MR) is 102 cm³/mol. The molecule has 0 aromatic carbocycles. The molecule has 1 radical (unpaired) electrons. The van der Waals surface area contributed by atoms with Crippen LogP contribution >= 0.6 is 0 Å². The van der Waals surface area contributed by atoms with Crippen LogP contribution in [0.2, 0.25) is 0 Å². The molecular formula is C21H39O3. The monoisotopic (exact) mass is 339 g/mol. The van der Waals surface area contributed by atoms with E-state index in [0.29, 0.717) is 6.42 Å². The Balaban J connectivity index is 3.19. The van der Waals surface area contributed by atoms with Crippen LogP contribution in [-0.4, -0.2) is 23.8 Å². The number of carbonyl (C=O) groups excluding carboxylic acids is 1. The highest BCUT2D eigenvalue weighted by atomic mass is 16.5. The lowest BCUT2D eigenvalue weighted by atomic mass is 10.1. The minimum atomic E-state index is -0.817. The Morgan fingerprint density at radius 3 is 1.96 bits per heavy atom. The summed E-state index contributed by atoms with van der Waals surface area (Å²) in [6, 6.07) is 0. The summed E-state index contributed by atoms with van der Waals surface area (Å²) in [5.74, 6) is -0.227. The largest absolute Gasteiger partial charge is 0.463 e. The lowest BCUT2D eigenvalue weighted by Gasteiger charge is -2.06. The second kappa shape index (κ2) is 18.5. The molecule has 0 aromatic rings. The first-order valence-corrected chi connectivity index (χ1v) is 9.98. The molecule has 0 saturated carbocycles. The Hall–Kier alpha value is -0.830. The molecule has 0 spiro atoms. The van der Waals surface area contributed by atoms with Crippen molar-refractivity contribution in [2.45, 2.75) is 103 Å². The minimum absolute atomic E-state index is 0.00388. The van der Waals surface area contributed by atoms with Crippen molar-refractivity contribution in [2.24, 2.45) is 0 Å². The molecule has 0 aliphatic heterocycles. The summed E-state index contributed by atoms with van der Waals surface area (Å²) in [5.41, 5.74) is 0. The summed E-state index contributed by atoms with van der Waals surface area (Å²) in [6.45, 7) is 5.62. The van der Waals surface area contributed by atoms with Crippen LogP contribution in [0.15, 0.2) is 12.2 Å². The van der Waals surface area contributed by atoms with Gasteiger partial charge in [-0.15, -0.1) is 0 Å². The highest BCUT2D eigenvalue weighted by molar-refractivity contribution is 5.69. The van der Waals surface area contributed by atoms with Gasteiger partial charge in [-0.1, -0.05) is 70.4 Å². The van der Waals surface area contributed by atoms with Crippen molar-refractivity contribution in [3.8, 4) is 0 Å². The van der Waals surface area contributed by atoms with Gasteiger partial charge < -0.3 is 9.84 Å². The fourth-order valence-corrected chi connectivity index (χ4v) is 2.60. The van der Waals surface area contributed by atoms with Crippen LogP contribution in [0.5, 0.6) is 0 Å². The fraction of sp³-hybridized carbons (Fsp3) is 0.810. The fourth-order valence-electron chi connectivity index (χ4n) is 2.60. The number of aliphatic hydroxyl groups is 1. The first-order valence-electron chi connectivity index (χ1n) is 9.98. The highest BCUT2D eigenvalue weighted by Gasteiger charge is 2.04. The predicted octanol–water partition coefficient (Wildman–Crippen LogP) is 5.76. The van der Waals surface area contributed by atoms with Crippen molar-refractivity contribution >= 4 is 5.97 Å². The lowest BCUT2D eigenvalue weighted by molar-refractivity contribution is -0.146. The second-order valence-electron chi connectivity index (χ2n) is 6.67. The summed E-state index contributed by atoms with van der Waals surface area (Å²) < 4.78 is 4.86. The van der Waals surface area contributed by atoms with Crippen LogP contribution in [0.1, 0.15) is 96.8 Å². The zero-order chi connectivity index (χ0) is 17.9. The van der Waals surface area contributed by atoms with Gasteiger partial charge in [0, 0.05) is 6.42 Å². The molecule has 0 fully saturated rings. The van der Waals surface area contributed by atoms with E-state index in [2.05, 4.69) is 26.0 Å². The number of hydrogen-bond acceptors (Lipinski definition) is 3. The normalized spacial score (nSPS) is 12.6. The van der Waals surface area contributed by atoms with Crippen LogP contribution in [-0.2, 0) is 9.53 Å². The molecule has 0 saturated heterocycles. The van der Waals surface area contributed by atoms with Gasteiger partial charge in [-0.3, -0.25) is 4.79 Å². The molecule has 0 aliphatic carbocycles. The van der Waals surface area contributed by atoms with E-state index >= 15 is 0 Å². The molecule has 24 heavy (non-hydrogen) atoms. The number of rotatable bonds is 17. The van der Waals surface area contributed by atoms with Crippen LogP contribution in [0.4, 0.5) is 0 Å². The zero-order valence-corrected chi connectivity index (χ0v) is 15.8. The first kappa shape index (κ1) is 23.2. The topological polar surface area (TPSA) is 46.5 Å². The maximum absolute atomic E-state index is 11.3. The van der Waals surface area contributed by atoms with E-state index < -0.39 is 6.10 Å². The standard InChI is InChI=1S/C21H39O3/c1-3-4-5-6-7-8-9-10-11-12-13-14-15-16-17-18-21(23)24-19-20(2)22/h10-11,20,22H,2-9,12-19H2,1H3/b11-10-. The van der Waals surface area contributed by atoms with Crippen molar-refractivity contribution in [1.29, 1.82) is 0 Å². The van der Waals surface area contributed by atoms with Gasteiger partial charge in [0.2, 0.25) is 0 Å². The average molecular weight is 340 g/mol. The summed E-state index contributed by atoms with van der Waals surface area (Å²) >= 11 is 0. The molecule has 0 aliphatic rings. The molecule has 1 N–H and O–H groups in total. The van der Waals surface area contributed by atoms with Gasteiger partial charge >= 0.3 is 5.97 Å². The quantitative estimate of drug-likeness (QED) is 0.208. The van der Waals surface area contributed by atoms with Crippen LogP contribution in [0, 0.1) is 6.92 Å². The number of hydrogen-bond donors (Lipinski definition) is 1. The summed E-state index contributed by atoms with van der Waals surface area (Å²) in [5, 5.41) is 8.91. The molecule has 0 rings (SSSR count). The lowest BCUT2D eigenvalue weighted by Crippen LogP contribution is -2.15. The Kier molecular flexibility index (Phi) is 17.9. The van der Waals surface area contributed by atoms with Gasteiger partial charge in [0.1, 0.15) is 6.61 Å². The molecule has 3 heteroatoms. The molecule has 0 bridgehead atoms. The summed E-state index contributed by atoms with van der Waals surface area (Å²) in [4.78, 5) is 11.3. The maximum Gasteiger partial charge on any atom is 0.305 e. The number of allylic oxidation sites excluding steroid dienone is 2. The number of unbranched alkanes of at least 4 members (excludes halogenated alkanes) is 11. The van der Waals surface area contributed by atoms with E-state index in [9.17, 15) is 4.79 Å². The molecule has 0 amide bonds. The molecule has 0 aromatic heterocycles. The van der Waals surface area contributed by atoms with Crippen LogP contribution < -0.4 is 0 Å². The number of ether oxygens (including phenoxy) is 1. The minimum Gasteiger partial charge on any atom is -0.463 e. The molecule has 3 nitrogen and oxygen atoms in total. The average Bonchev–Trinajstić information content (AvgIpc) is 2.56. The Labute approximate surface area is 149 Å². The zero-order valence-electron chi connectivity index (χ0n) is 15.8. The Morgan fingerprint density at radius 2 is 1.42 bits per heavy atom. The first-order chi connectivity index (χ1) is 11.7. The second-order valence-corrected chi connectivity index (χ2v) is 6.67. The summed E-state index contributed by atoms with van der Waals surface area (Å²) in [6.07, 6.45) is 20.5. The third-order valence-corrected chi connectivity index (χ3v) is 4.08. The Bertz CT molecular complexity index is 297. The molecule has 1 atom stereocenters. The molecule has 1 unspecified atom stereocenters. The van der Waals surface area contributed by atoms with Gasteiger partial charge in [-0.2, -0.15) is 0 Å². The van der Waals surface area contributed by atoms with E-state index in [0.717, 1.165) is 12.8 Å². The van der Waals surface area contributed by atoms with Gasteiger partial charge in [-0.25, -0.2) is 0 Å². The van der Waals surface area contributed by atoms with Crippen molar-refractivity contribution in [3.05, 3.63) is 19.1 Å². The maximum atomic E-state index is 11.3. The van der Waals surface area contributed by atoms with Crippen molar-refractivity contribution in [2.75, 3.05) is 6.61 Å². The van der Waals surface area contributed by atoms with Crippen LogP contribution in [0.25, 0.3) is 0 Å². The van der Waals surface area contributed by atoms with Gasteiger partial charge in [0.05, 0.1) is 6.10 Å². The van der Waals surface area contributed by atoms with E-state index in [4.69, 9.17) is 9.84 Å². The van der Waals surface area contributed by atoms with Crippen molar-refractivity contribution in [1.82, 2.24) is 0 Å². The van der Waals surface area contributed by atoms with E-state index in [1.54, 1.807) is 0 Å². The third-order valence-electron chi connectivity index (χ3n) is 4.08. The van der Waals surface area contributed by atoms with Crippen molar-refractivity contribution in [3.63, 3.8) is 0 Å². The van der Waals surface area contributed by atoms with E-state index in [1.807, 2.05) is 0 Å². The van der Waals surface area contributed by atoms with E-state index in [-0.39, 0.29) is 12.6 Å². The highest BCUT2D eigenvalue weighted by Crippen LogP contribution is 2.10. The van der Waals surface area contributed by atoms with Crippen LogP contribution in [0.3, 0.4) is 0 Å². The van der Waals surface area contributed by atoms with E-state index in [1.165, 1.54) is 70.6 Å². The summed E-state index contributed by atoms with van der Waals surface area (Å²) in [7, 11) is 0. The van der Waals surface area contributed by atoms with Gasteiger partial charge in [0.25, 0.3) is 0 Å². The molecular weight excluding hydrogens is 300 g/mol. The van der Waals surface area contributed by atoms with Gasteiger partial charge in [-0.05, 0) is 39.0 Å².